The molecule has 3 aromatic rings. The number of carbonyl (C=O) groups is 1. The Morgan fingerprint density at radius 2 is 1.86 bits per heavy atom. The number of nitrogens with zero attached hydrogens (tertiary/aromatic N) is 6. The number of amides is 2. The third-order valence-corrected chi connectivity index (χ3v) is 6.59. The molecule has 0 bridgehead atoms. The molecule has 2 aliphatic heterocycles. The molecule has 11 heteroatoms. The van der Waals surface area contributed by atoms with Crippen LogP contribution in [0.3, 0.4) is 0 Å². The Morgan fingerprint density at radius 3 is 2.54 bits per heavy atom. The molecule has 11 nitrogen and oxygen atoms in total. The number of rotatable bonds is 6. The maximum Gasteiger partial charge on any atom is 0.318 e. The number of methoxy groups -OCH3 is 1. The average molecular weight is 481 g/mol. The lowest BCUT2D eigenvalue weighted by atomic mass is 10.1. The van der Waals surface area contributed by atoms with E-state index in [2.05, 4.69) is 25.1 Å². The molecule has 0 spiro atoms. The van der Waals surface area contributed by atoms with E-state index in [1.807, 2.05) is 30.5 Å². The smallest absolute Gasteiger partial charge is 0.318 e. The largest absolute Gasteiger partial charge is 0.378 e. The summed E-state index contributed by atoms with van der Waals surface area (Å²) in [5.41, 5.74) is 2.44. The zero-order valence-corrected chi connectivity index (χ0v) is 20.2. The van der Waals surface area contributed by atoms with Gasteiger partial charge in [0, 0.05) is 51.6 Å². The molecule has 2 amide bonds. The number of morpholine rings is 1. The van der Waals surface area contributed by atoms with Gasteiger partial charge >= 0.3 is 6.03 Å². The van der Waals surface area contributed by atoms with E-state index < -0.39 is 0 Å². The van der Waals surface area contributed by atoms with Gasteiger partial charge in [-0.2, -0.15) is 5.10 Å². The number of aromatic nitrogens is 4. The number of likely N-dealkylation sites (tertiary alicyclic amines) is 1. The normalized spacial score (nSPS) is 17.6. The molecule has 2 aromatic heterocycles. The van der Waals surface area contributed by atoms with Gasteiger partial charge in [-0.15, -0.1) is 0 Å². The van der Waals surface area contributed by atoms with Crippen LogP contribution < -0.4 is 15.5 Å². The van der Waals surface area contributed by atoms with Gasteiger partial charge in [0.1, 0.15) is 5.82 Å². The van der Waals surface area contributed by atoms with Crippen LogP contribution in [-0.4, -0.2) is 91.0 Å². The number of benzene rings is 1. The first-order valence-electron chi connectivity index (χ1n) is 12.0. The van der Waals surface area contributed by atoms with Gasteiger partial charge in [0.2, 0.25) is 0 Å². The Bertz CT molecular complexity index is 1150. The highest BCUT2D eigenvalue weighted by molar-refractivity contribution is 5.90. The third-order valence-electron chi connectivity index (χ3n) is 6.59. The SMILES string of the molecule is CNC(=O)Nc1ccc(-c2nc(N3CCOCC3)c3cnn(C4CCN(COC)CC4)c3n2)cc1. The van der Waals surface area contributed by atoms with Crippen LogP contribution in [0.2, 0.25) is 0 Å². The van der Waals surface area contributed by atoms with E-state index in [1.54, 1.807) is 14.2 Å². The molecule has 0 saturated carbocycles. The number of hydrogen-bond acceptors (Lipinski definition) is 8. The highest BCUT2D eigenvalue weighted by Gasteiger charge is 2.26. The van der Waals surface area contributed by atoms with Crippen LogP contribution in [0, 0.1) is 0 Å². The van der Waals surface area contributed by atoms with Gasteiger partial charge in [-0.25, -0.2) is 19.4 Å². The number of fused-ring (bicyclic) bond motifs is 1. The van der Waals surface area contributed by atoms with Crippen molar-refractivity contribution in [2.75, 3.05) is 70.5 Å². The van der Waals surface area contributed by atoms with Crippen molar-refractivity contribution in [2.45, 2.75) is 18.9 Å². The molecule has 2 N–H and O–H groups in total. The lowest BCUT2D eigenvalue weighted by Crippen LogP contribution is -2.37. The standard InChI is InChI=1S/C24H32N8O3/c1-25-24(33)27-18-5-3-17(4-6-18)21-28-22(31-11-13-35-14-12-31)20-15-26-32(23(20)29-21)19-7-9-30(10-8-19)16-34-2/h3-6,15,19H,7-14,16H2,1-2H3,(H2,25,27,33). The van der Waals surface area contributed by atoms with E-state index in [9.17, 15) is 4.79 Å². The van der Waals surface area contributed by atoms with Crippen LogP contribution in [0.1, 0.15) is 18.9 Å². The molecule has 0 unspecified atom stereocenters. The number of carbonyl (C=O) groups excluding carboxylic acids is 1. The number of ether oxygens (including phenoxy) is 2. The first-order valence-corrected chi connectivity index (χ1v) is 12.0. The van der Waals surface area contributed by atoms with Gasteiger partial charge < -0.3 is 25.0 Å². The zero-order chi connectivity index (χ0) is 24.2. The van der Waals surface area contributed by atoms with Crippen molar-refractivity contribution in [3.05, 3.63) is 30.5 Å². The second kappa shape index (κ2) is 10.5. The fourth-order valence-electron chi connectivity index (χ4n) is 4.70. The van der Waals surface area contributed by atoms with Gasteiger partial charge in [-0.1, -0.05) is 0 Å². The predicted molar refractivity (Wildman–Crippen MR) is 134 cm³/mol. The molecule has 186 valence electrons. The lowest BCUT2D eigenvalue weighted by Gasteiger charge is -2.31. The highest BCUT2D eigenvalue weighted by Crippen LogP contribution is 2.32. The van der Waals surface area contributed by atoms with Crippen LogP contribution in [0.25, 0.3) is 22.4 Å². The Hall–Kier alpha value is -3.28. The minimum Gasteiger partial charge on any atom is -0.378 e. The van der Waals surface area contributed by atoms with Gasteiger partial charge in [0.15, 0.2) is 11.5 Å². The Kier molecular flexibility index (Phi) is 7.07. The Balaban J connectivity index is 1.50. The Morgan fingerprint density at radius 1 is 1.11 bits per heavy atom. The summed E-state index contributed by atoms with van der Waals surface area (Å²) in [6, 6.07) is 7.59. The van der Waals surface area contributed by atoms with Gasteiger partial charge in [0.05, 0.1) is 37.6 Å². The van der Waals surface area contributed by atoms with Crippen LogP contribution in [0.4, 0.5) is 16.3 Å². The third kappa shape index (κ3) is 5.07. The molecule has 4 heterocycles. The predicted octanol–water partition coefficient (Wildman–Crippen LogP) is 2.32. The van der Waals surface area contributed by atoms with Gasteiger partial charge in [-0.05, 0) is 37.1 Å². The number of piperidine rings is 1. The summed E-state index contributed by atoms with van der Waals surface area (Å²) < 4.78 is 13.0. The minimum absolute atomic E-state index is 0.259. The summed E-state index contributed by atoms with van der Waals surface area (Å²) in [6.07, 6.45) is 3.89. The first-order chi connectivity index (χ1) is 17.2. The van der Waals surface area contributed by atoms with E-state index in [0.29, 0.717) is 31.5 Å². The second-order valence-electron chi connectivity index (χ2n) is 8.85. The maximum absolute atomic E-state index is 11.6. The molecule has 35 heavy (non-hydrogen) atoms. The summed E-state index contributed by atoms with van der Waals surface area (Å²) in [4.78, 5) is 26.2. The van der Waals surface area contributed by atoms with Gasteiger partial charge in [-0.3, -0.25) is 4.90 Å². The van der Waals surface area contributed by atoms with E-state index in [4.69, 9.17) is 24.5 Å². The minimum atomic E-state index is -0.259. The molecule has 2 saturated heterocycles. The molecule has 0 radical (unpaired) electrons. The van der Waals surface area contributed by atoms with Crippen LogP contribution in [-0.2, 0) is 9.47 Å². The second-order valence-corrected chi connectivity index (χ2v) is 8.85. The lowest BCUT2D eigenvalue weighted by molar-refractivity contribution is 0.0400. The number of hydrogen-bond donors (Lipinski definition) is 2. The van der Waals surface area contributed by atoms with Crippen molar-refractivity contribution in [3.63, 3.8) is 0 Å². The summed E-state index contributed by atoms with van der Waals surface area (Å²) in [7, 11) is 3.32. The monoisotopic (exact) mass is 480 g/mol. The highest BCUT2D eigenvalue weighted by atomic mass is 16.5. The summed E-state index contributed by atoms with van der Waals surface area (Å²) >= 11 is 0. The van der Waals surface area contributed by atoms with E-state index in [1.165, 1.54) is 0 Å². The fraction of sp³-hybridized carbons (Fsp3) is 0.500. The molecule has 0 aliphatic carbocycles. The molecule has 5 rings (SSSR count). The maximum atomic E-state index is 11.6. The van der Waals surface area contributed by atoms with Crippen LogP contribution >= 0.6 is 0 Å². The van der Waals surface area contributed by atoms with Crippen molar-refractivity contribution >= 4 is 28.6 Å². The fourth-order valence-corrected chi connectivity index (χ4v) is 4.70. The molecular weight excluding hydrogens is 448 g/mol. The average Bonchev–Trinajstić information content (AvgIpc) is 3.34. The van der Waals surface area contributed by atoms with E-state index >= 15 is 0 Å². The molecule has 1 aromatic carbocycles. The van der Waals surface area contributed by atoms with Crippen molar-refractivity contribution in [1.29, 1.82) is 0 Å². The number of anilines is 2. The number of nitrogens with one attached hydrogen (secondary N) is 2. The summed E-state index contributed by atoms with van der Waals surface area (Å²) in [5.74, 6) is 1.54. The molecule has 2 fully saturated rings. The Labute approximate surface area is 204 Å². The van der Waals surface area contributed by atoms with Crippen molar-refractivity contribution in [3.8, 4) is 11.4 Å². The first kappa shape index (κ1) is 23.5. The van der Waals surface area contributed by atoms with Crippen molar-refractivity contribution in [1.82, 2.24) is 30.0 Å². The van der Waals surface area contributed by atoms with Crippen LogP contribution in [0.5, 0.6) is 0 Å². The van der Waals surface area contributed by atoms with E-state index in [-0.39, 0.29) is 12.1 Å². The van der Waals surface area contributed by atoms with Crippen molar-refractivity contribution < 1.29 is 14.3 Å². The summed E-state index contributed by atoms with van der Waals surface area (Å²) in [6.45, 7) is 5.49. The van der Waals surface area contributed by atoms with E-state index in [0.717, 1.165) is 61.4 Å². The van der Waals surface area contributed by atoms with Gasteiger partial charge in [0.25, 0.3) is 0 Å². The summed E-state index contributed by atoms with van der Waals surface area (Å²) in [5, 5.41) is 11.1. The van der Waals surface area contributed by atoms with Crippen molar-refractivity contribution in [2.24, 2.45) is 0 Å². The van der Waals surface area contributed by atoms with Crippen LogP contribution in [0.15, 0.2) is 30.5 Å². The molecule has 0 atom stereocenters. The number of urea groups is 1. The molecular formula is C24H32N8O3. The zero-order valence-electron chi connectivity index (χ0n) is 20.2. The quantitative estimate of drug-likeness (QED) is 0.553. The molecule has 2 aliphatic rings. The topological polar surface area (TPSA) is 110 Å².